The molecule has 0 unspecified atom stereocenters. The third kappa shape index (κ3) is 1.32. The molecule has 0 radical (unpaired) electrons. The van der Waals surface area contributed by atoms with E-state index in [0.717, 1.165) is 24.2 Å². The van der Waals surface area contributed by atoms with Crippen LogP contribution in [0.1, 0.15) is 51.4 Å². The van der Waals surface area contributed by atoms with Crippen LogP contribution in [0.25, 0.3) is 0 Å². The van der Waals surface area contributed by atoms with E-state index in [-0.39, 0.29) is 6.10 Å². The van der Waals surface area contributed by atoms with Crippen LogP contribution in [-0.4, -0.2) is 11.2 Å². The van der Waals surface area contributed by atoms with Crippen LogP contribution in [-0.2, 0) is 0 Å². The lowest BCUT2D eigenvalue weighted by Gasteiger charge is -2.30. The lowest BCUT2D eigenvalue weighted by atomic mass is 9.75. The summed E-state index contributed by atoms with van der Waals surface area (Å²) in [6.07, 6.45) is 11.2. The summed E-state index contributed by atoms with van der Waals surface area (Å²) in [6, 6.07) is 0. The molecule has 3 fully saturated rings. The number of aliphatic hydroxyl groups excluding tert-OH is 1. The van der Waals surface area contributed by atoms with Gasteiger partial charge in [0.05, 0.1) is 6.10 Å². The van der Waals surface area contributed by atoms with Crippen molar-refractivity contribution < 1.29 is 5.11 Å². The maximum atomic E-state index is 9.92. The zero-order valence-electron chi connectivity index (χ0n) is 8.99. The first-order valence-electron chi connectivity index (χ1n) is 6.54. The molecule has 3 aliphatic carbocycles. The Bertz CT molecular complexity index is 207. The molecule has 3 rings (SSSR count). The van der Waals surface area contributed by atoms with Crippen molar-refractivity contribution in [2.24, 2.45) is 23.7 Å². The van der Waals surface area contributed by atoms with Crippen molar-refractivity contribution in [1.82, 2.24) is 0 Å². The van der Waals surface area contributed by atoms with Gasteiger partial charge in [-0.25, -0.2) is 0 Å². The monoisotopic (exact) mass is 194 g/mol. The minimum atomic E-state index is 0.0701. The Hall–Kier alpha value is -0.0400. The van der Waals surface area contributed by atoms with Crippen LogP contribution in [0.3, 0.4) is 0 Å². The second-order valence-corrected chi connectivity index (χ2v) is 5.78. The lowest BCUT2D eigenvalue weighted by Crippen LogP contribution is -2.24. The highest BCUT2D eigenvalue weighted by atomic mass is 16.3. The Morgan fingerprint density at radius 3 is 2.14 bits per heavy atom. The predicted octanol–water partition coefficient (Wildman–Crippen LogP) is 2.97. The van der Waals surface area contributed by atoms with Crippen LogP contribution in [0.5, 0.6) is 0 Å². The summed E-state index contributed by atoms with van der Waals surface area (Å²) in [5.74, 6) is 3.50. The Balaban J connectivity index is 1.72. The first-order valence-corrected chi connectivity index (χ1v) is 6.54. The van der Waals surface area contributed by atoms with Crippen molar-refractivity contribution in [2.45, 2.75) is 57.5 Å². The van der Waals surface area contributed by atoms with Crippen molar-refractivity contribution in [3.8, 4) is 0 Å². The molecule has 1 heteroatoms. The molecule has 0 heterocycles. The second kappa shape index (κ2) is 3.52. The van der Waals surface area contributed by atoms with Gasteiger partial charge in [-0.1, -0.05) is 32.1 Å². The zero-order chi connectivity index (χ0) is 9.54. The highest BCUT2D eigenvalue weighted by Crippen LogP contribution is 2.54. The average Bonchev–Trinajstić information content (AvgIpc) is 2.75. The molecule has 1 nitrogen and oxygen atoms in total. The van der Waals surface area contributed by atoms with Crippen molar-refractivity contribution in [3.63, 3.8) is 0 Å². The van der Waals surface area contributed by atoms with E-state index in [1.165, 1.54) is 44.9 Å². The molecule has 0 saturated heterocycles. The molecular weight excluding hydrogens is 172 g/mol. The van der Waals surface area contributed by atoms with E-state index in [2.05, 4.69) is 0 Å². The number of fused-ring (bicyclic) bond motifs is 2. The molecule has 0 aromatic heterocycles. The minimum absolute atomic E-state index is 0.0701. The Kier molecular flexibility index (Phi) is 2.31. The molecule has 4 atom stereocenters. The largest absolute Gasteiger partial charge is 0.393 e. The topological polar surface area (TPSA) is 20.2 Å². The molecule has 0 aliphatic heterocycles. The number of rotatable bonds is 1. The van der Waals surface area contributed by atoms with E-state index < -0.39 is 0 Å². The predicted molar refractivity (Wildman–Crippen MR) is 56.9 cm³/mol. The van der Waals surface area contributed by atoms with Gasteiger partial charge in [-0.05, 0) is 42.9 Å². The Morgan fingerprint density at radius 2 is 1.57 bits per heavy atom. The third-order valence-electron chi connectivity index (χ3n) is 5.14. The smallest absolute Gasteiger partial charge is 0.0574 e. The molecule has 3 aliphatic rings. The quantitative estimate of drug-likeness (QED) is 0.680. The molecule has 2 bridgehead atoms. The molecule has 1 N–H and O–H groups in total. The Labute approximate surface area is 86.9 Å². The van der Waals surface area contributed by atoms with Gasteiger partial charge in [-0.3, -0.25) is 0 Å². The van der Waals surface area contributed by atoms with Crippen LogP contribution in [0.4, 0.5) is 0 Å². The van der Waals surface area contributed by atoms with Gasteiger partial charge in [-0.15, -0.1) is 0 Å². The van der Waals surface area contributed by atoms with Crippen molar-refractivity contribution in [3.05, 3.63) is 0 Å². The van der Waals surface area contributed by atoms with Gasteiger partial charge in [0.1, 0.15) is 0 Å². The summed E-state index contributed by atoms with van der Waals surface area (Å²) in [5, 5.41) is 9.92. The van der Waals surface area contributed by atoms with Gasteiger partial charge in [0, 0.05) is 0 Å². The van der Waals surface area contributed by atoms with Crippen LogP contribution in [0, 0.1) is 23.7 Å². The van der Waals surface area contributed by atoms with E-state index in [9.17, 15) is 5.11 Å². The highest BCUT2D eigenvalue weighted by molar-refractivity contribution is 4.99. The number of aliphatic hydroxyl groups is 1. The summed E-state index contributed by atoms with van der Waals surface area (Å²) in [5.41, 5.74) is 0. The van der Waals surface area contributed by atoms with E-state index >= 15 is 0 Å². The van der Waals surface area contributed by atoms with Crippen LogP contribution >= 0.6 is 0 Å². The summed E-state index contributed by atoms with van der Waals surface area (Å²) in [4.78, 5) is 0. The van der Waals surface area contributed by atoms with Crippen molar-refractivity contribution in [2.75, 3.05) is 0 Å². The minimum Gasteiger partial charge on any atom is -0.393 e. The zero-order valence-corrected chi connectivity index (χ0v) is 8.99. The molecule has 3 saturated carbocycles. The molecule has 80 valence electrons. The fourth-order valence-electron chi connectivity index (χ4n) is 4.60. The average molecular weight is 194 g/mol. The van der Waals surface area contributed by atoms with E-state index in [4.69, 9.17) is 0 Å². The molecular formula is C13H22O. The van der Waals surface area contributed by atoms with E-state index in [1.807, 2.05) is 0 Å². The lowest BCUT2D eigenvalue weighted by molar-refractivity contribution is 0.0951. The van der Waals surface area contributed by atoms with E-state index in [1.54, 1.807) is 0 Å². The normalized spacial score (nSPS) is 48.6. The van der Waals surface area contributed by atoms with Gasteiger partial charge in [-0.2, -0.15) is 0 Å². The summed E-state index contributed by atoms with van der Waals surface area (Å²) >= 11 is 0. The number of hydrogen-bond donors (Lipinski definition) is 1. The molecule has 14 heavy (non-hydrogen) atoms. The van der Waals surface area contributed by atoms with Gasteiger partial charge in [0.2, 0.25) is 0 Å². The maximum absolute atomic E-state index is 9.92. The van der Waals surface area contributed by atoms with Crippen LogP contribution in [0.15, 0.2) is 0 Å². The van der Waals surface area contributed by atoms with Crippen molar-refractivity contribution >= 4 is 0 Å². The number of hydrogen-bond acceptors (Lipinski definition) is 1. The fourth-order valence-corrected chi connectivity index (χ4v) is 4.60. The maximum Gasteiger partial charge on any atom is 0.0574 e. The first kappa shape index (κ1) is 9.21. The molecule has 0 aromatic rings. The molecule has 0 aromatic carbocycles. The standard InChI is InChI=1S/C13H22O/c14-12-8-10-6-7-11(12)13(10)9-4-2-1-3-5-9/h9-14H,1-8H2/t10-,11+,12-,13-/m0/s1. The summed E-state index contributed by atoms with van der Waals surface area (Å²) in [6.45, 7) is 0. The van der Waals surface area contributed by atoms with Gasteiger partial charge >= 0.3 is 0 Å². The highest BCUT2D eigenvalue weighted by Gasteiger charge is 2.49. The summed E-state index contributed by atoms with van der Waals surface area (Å²) in [7, 11) is 0. The third-order valence-corrected chi connectivity index (χ3v) is 5.14. The van der Waals surface area contributed by atoms with E-state index in [0.29, 0.717) is 5.92 Å². The SMILES string of the molecule is O[C@H]1C[C@@H]2CC[C@H]1[C@H]2C1CCCCC1. The van der Waals surface area contributed by atoms with Gasteiger partial charge in [0.25, 0.3) is 0 Å². The van der Waals surface area contributed by atoms with Gasteiger partial charge in [0.15, 0.2) is 0 Å². The first-order chi connectivity index (χ1) is 6.86. The van der Waals surface area contributed by atoms with Crippen LogP contribution in [0.2, 0.25) is 0 Å². The molecule has 0 spiro atoms. The summed E-state index contributed by atoms with van der Waals surface area (Å²) < 4.78 is 0. The second-order valence-electron chi connectivity index (χ2n) is 5.78. The van der Waals surface area contributed by atoms with Crippen LogP contribution < -0.4 is 0 Å². The molecule has 0 amide bonds. The fraction of sp³-hybridized carbons (Fsp3) is 1.00. The van der Waals surface area contributed by atoms with Gasteiger partial charge < -0.3 is 5.11 Å². The Morgan fingerprint density at radius 1 is 0.786 bits per heavy atom. The van der Waals surface area contributed by atoms with Crippen molar-refractivity contribution in [1.29, 1.82) is 0 Å².